The first-order valence-electron chi connectivity index (χ1n) is 7.61. The Kier molecular flexibility index (Phi) is 4.25. The van der Waals surface area contributed by atoms with Gasteiger partial charge in [0.2, 0.25) is 0 Å². The minimum absolute atomic E-state index is 0.533. The van der Waals surface area contributed by atoms with E-state index < -0.39 is 0 Å². The standard InChI is InChI=1S/C17H23N3O/c1-13-10-18-17(19-13)15-4-3-9-20(12-15)11-14-5-7-16(21-2)8-6-14/h5-8,10,15H,3-4,9,11-12H2,1-2H3,(H,18,19)/t15-/m0/s1. The molecule has 1 saturated heterocycles. The summed E-state index contributed by atoms with van der Waals surface area (Å²) in [7, 11) is 1.70. The van der Waals surface area contributed by atoms with Crippen LogP contribution in [0.2, 0.25) is 0 Å². The highest BCUT2D eigenvalue weighted by Crippen LogP contribution is 2.26. The number of methoxy groups -OCH3 is 1. The molecule has 1 aromatic heterocycles. The number of piperidine rings is 1. The summed E-state index contributed by atoms with van der Waals surface area (Å²) in [5.74, 6) is 2.60. The van der Waals surface area contributed by atoms with Gasteiger partial charge in [0.1, 0.15) is 11.6 Å². The Bertz CT molecular complexity index is 576. The second kappa shape index (κ2) is 6.31. The summed E-state index contributed by atoms with van der Waals surface area (Å²) in [5.41, 5.74) is 2.49. The van der Waals surface area contributed by atoms with E-state index in [1.807, 2.05) is 18.3 Å². The number of aromatic amines is 1. The molecule has 2 heterocycles. The third-order valence-corrected chi connectivity index (χ3v) is 4.18. The molecule has 0 amide bonds. The number of ether oxygens (including phenoxy) is 1. The summed E-state index contributed by atoms with van der Waals surface area (Å²) >= 11 is 0. The predicted octanol–water partition coefficient (Wildman–Crippen LogP) is 3.11. The van der Waals surface area contributed by atoms with Crippen molar-refractivity contribution in [3.8, 4) is 5.75 Å². The summed E-state index contributed by atoms with van der Waals surface area (Å²) in [5, 5.41) is 0. The summed E-state index contributed by atoms with van der Waals surface area (Å²) in [4.78, 5) is 10.4. The van der Waals surface area contributed by atoms with Gasteiger partial charge in [-0.1, -0.05) is 12.1 Å². The number of H-pyrrole nitrogens is 1. The smallest absolute Gasteiger partial charge is 0.118 e. The monoisotopic (exact) mass is 285 g/mol. The number of nitrogens with one attached hydrogen (secondary N) is 1. The first kappa shape index (κ1) is 14.1. The van der Waals surface area contributed by atoms with Crippen LogP contribution >= 0.6 is 0 Å². The molecule has 2 aromatic rings. The number of aromatic nitrogens is 2. The van der Waals surface area contributed by atoms with Gasteiger partial charge in [0.05, 0.1) is 7.11 Å². The van der Waals surface area contributed by atoms with Crippen LogP contribution in [0.1, 0.15) is 35.8 Å². The lowest BCUT2D eigenvalue weighted by molar-refractivity contribution is 0.197. The zero-order chi connectivity index (χ0) is 14.7. The Morgan fingerprint density at radius 2 is 2.14 bits per heavy atom. The fourth-order valence-corrected chi connectivity index (χ4v) is 3.05. The van der Waals surface area contributed by atoms with Crippen molar-refractivity contribution >= 4 is 0 Å². The summed E-state index contributed by atoms with van der Waals surface area (Å²) in [6.07, 6.45) is 4.39. The average molecular weight is 285 g/mol. The van der Waals surface area contributed by atoms with Crippen LogP contribution in [-0.2, 0) is 6.54 Å². The van der Waals surface area contributed by atoms with Crippen molar-refractivity contribution < 1.29 is 4.74 Å². The molecule has 3 rings (SSSR count). The highest BCUT2D eigenvalue weighted by molar-refractivity contribution is 5.27. The first-order chi connectivity index (χ1) is 10.2. The largest absolute Gasteiger partial charge is 0.497 e. The van der Waals surface area contributed by atoms with E-state index in [1.54, 1.807) is 7.11 Å². The van der Waals surface area contributed by atoms with E-state index in [2.05, 4.69) is 33.9 Å². The Morgan fingerprint density at radius 1 is 1.33 bits per heavy atom. The van der Waals surface area contributed by atoms with E-state index >= 15 is 0 Å². The molecule has 1 aliphatic heterocycles. The maximum atomic E-state index is 5.21. The highest BCUT2D eigenvalue weighted by atomic mass is 16.5. The molecule has 0 aliphatic carbocycles. The molecule has 112 valence electrons. The van der Waals surface area contributed by atoms with Gasteiger partial charge in [-0.3, -0.25) is 4.90 Å². The van der Waals surface area contributed by atoms with E-state index in [9.17, 15) is 0 Å². The van der Waals surface area contributed by atoms with Crippen LogP contribution in [0, 0.1) is 6.92 Å². The average Bonchev–Trinajstić information content (AvgIpc) is 2.95. The summed E-state index contributed by atoms with van der Waals surface area (Å²) in [6, 6.07) is 8.37. The minimum atomic E-state index is 0.533. The first-order valence-corrected chi connectivity index (χ1v) is 7.61. The lowest BCUT2D eigenvalue weighted by Crippen LogP contribution is -2.34. The quantitative estimate of drug-likeness (QED) is 0.938. The zero-order valence-corrected chi connectivity index (χ0v) is 12.8. The second-order valence-electron chi connectivity index (χ2n) is 5.87. The predicted molar refractivity (Wildman–Crippen MR) is 83.6 cm³/mol. The number of aryl methyl sites for hydroxylation is 1. The third kappa shape index (κ3) is 3.45. The molecule has 1 fully saturated rings. The number of hydrogen-bond acceptors (Lipinski definition) is 3. The van der Waals surface area contributed by atoms with Gasteiger partial charge in [-0.25, -0.2) is 4.98 Å². The molecule has 0 spiro atoms. The van der Waals surface area contributed by atoms with Crippen molar-refractivity contribution in [1.82, 2.24) is 14.9 Å². The van der Waals surface area contributed by atoms with Crippen LogP contribution in [0.3, 0.4) is 0 Å². The molecule has 0 bridgehead atoms. The molecule has 1 aliphatic rings. The van der Waals surface area contributed by atoms with Gasteiger partial charge in [-0.2, -0.15) is 0 Å². The van der Waals surface area contributed by atoms with Gasteiger partial charge in [-0.05, 0) is 44.0 Å². The Morgan fingerprint density at radius 3 is 2.81 bits per heavy atom. The van der Waals surface area contributed by atoms with E-state index in [1.165, 1.54) is 24.9 Å². The number of nitrogens with zero attached hydrogens (tertiary/aromatic N) is 2. The van der Waals surface area contributed by atoms with Crippen molar-refractivity contribution in [2.24, 2.45) is 0 Å². The summed E-state index contributed by atoms with van der Waals surface area (Å²) < 4.78 is 5.21. The molecule has 0 unspecified atom stereocenters. The van der Waals surface area contributed by atoms with Crippen molar-refractivity contribution in [2.45, 2.75) is 32.2 Å². The van der Waals surface area contributed by atoms with Crippen LogP contribution in [0.4, 0.5) is 0 Å². The SMILES string of the molecule is COc1ccc(CN2CCC[C@H](c3ncc(C)[nH]3)C2)cc1. The van der Waals surface area contributed by atoms with Crippen LogP contribution in [-0.4, -0.2) is 35.1 Å². The van der Waals surface area contributed by atoms with Crippen molar-refractivity contribution in [3.63, 3.8) is 0 Å². The van der Waals surface area contributed by atoms with E-state index in [0.717, 1.165) is 30.4 Å². The fourth-order valence-electron chi connectivity index (χ4n) is 3.05. The van der Waals surface area contributed by atoms with Crippen LogP contribution in [0.15, 0.2) is 30.5 Å². The van der Waals surface area contributed by atoms with Crippen molar-refractivity contribution in [2.75, 3.05) is 20.2 Å². The molecule has 21 heavy (non-hydrogen) atoms. The number of benzene rings is 1. The maximum absolute atomic E-state index is 5.21. The zero-order valence-electron chi connectivity index (χ0n) is 12.8. The van der Waals surface area contributed by atoms with Gasteiger partial charge >= 0.3 is 0 Å². The van der Waals surface area contributed by atoms with Crippen LogP contribution in [0.25, 0.3) is 0 Å². The fraction of sp³-hybridized carbons (Fsp3) is 0.471. The molecule has 0 saturated carbocycles. The van der Waals surface area contributed by atoms with E-state index in [4.69, 9.17) is 4.74 Å². The maximum Gasteiger partial charge on any atom is 0.118 e. The van der Waals surface area contributed by atoms with E-state index in [-0.39, 0.29) is 0 Å². The topological polar surface area (TPSA) is 41.1 Å². The molecule has 1 aromatic carbocycles. The molecule has 1 atom stereocenters. The van der Waals surface area contributed by atoms with Crippen molar-refractivity contribution in [3.05, 3.63) is 47.5 Å². The number of rotatable bonds is 4. The third-order valence-electron chi connectivity index (χ3n) is 4.18. The number of likely N-dealkylation sites (tertiary alicyclic amines) is 1. The molecule has 1 N–H and O–H groups in total. The number of imidazole rings is 1. The molecule has 4 nitrogen and oxygen atoms in total. The second-order valence-corrected chi connectivity index (χ2v) is 5.87. The van der Waals surface area contributed by atoms with Gasteiger partial charge in [0.25, 0.3) is 0 Å². The van der Waals surface area contributed by atoms with Crippen LogP contribution in [0.5, 0.6) is 5.75 Å². The van der Waals surface area contributed by atoms with Gasteiger partial charge in [0, 0.05) is 30.9 Å². The molecule has 4 heteroatoms. The molecular formula is C17H23N3O. The molecular weight excluding hydrogens is 262 g/mol. The normalized spacial score (nSPS) is 19.6. The Labute approximate surface area is 126 Å². The van der Waals surface area contributed by atoms with E-state index in [0.29, 0.717) is 5.92 Å². The van der Waals surface area contributed by atoms with Gasteiger partial charge in [-0.15, -0.1) is 0 Å². The van der Waals surface area contributed by atoms with Gasteiger partial charge in [0.15, 0.2) is 0 Å². The van der Waals surface area contributed by atoms with Crippen molar-refractivity contribution in [1.29, 1.82) is 0 Å². The Hall–Kier alpha value is -1.81. The summed E-state index contributed by atoms with van der Waals surface area (Å²) in [6.45, 7) is 5.32. The number of hydrogen-bond donors (Lipinski definition) is 1. The lowest BCUT2D eigenvalue weighted by atomic mass is 9.97. The van der Waals surface area contributed by atoms with Gasteiger partial charge < -0.3 is 9.72 Å². The lowest BCUT2D eigenvalue weighted by Gasteiger charge is -2.31. The Balaban J connectivity index is 1.62. The molecule has 0 radical (unpaired) electrons. The van der Waals surface area contributed by atoms with Crippen LogP contribution < -0.4 is 4.74 Å². The minimum Gasteiger partial charge on any atom is -0.497 e. The highest BCUT2D eigenvalue weighted by Gasteiger charge is 2.23.